The standard InChI is InChI=1S/C21H25ClN2O5/c1-4-15-6-8-17(9-7-15)28-10-5-11-29-20-18(22)12-16(13-19(20)26-2)14-23-24-21(25)27-3/h6-9,12-14H,4-5,10-11H2,1-3H3,(H,24,25)/b23-14+. The van der Waals surface area contributed by atoms with Gasteiger partial charge in [0.15, 0.2) is 11.5 Å². The van der Waals surface area contributed by atoms with Gasteiger partial charge in [-0.3, -0.25) is 0 Å². The fourth-order valence-corrected chi connectivity index (χ4v) is 2.68. The van der Waals surface area contributed by atoms with Gasteiger partial charge in [0, 0.05) is 6.42 Å². The molecule has 29 heavy (non-hydrogen) atoms. The lowest BCUT2D eigenvalue weighted by Crippen LogP contribution is -2.16. The van der Waals surface area contributed by atoms with Crippen molar-refractivity contribution < 1.29 is 23.7 Å². The van der Waals surface area contributed by atoms with E-state index in [9.17, 15) is 4.79 Å². The number of hydrogen-bond donors (Lipinski definition) is 1. The molecule has 0 aromatic heterocycles. The van der Waals surface area contributed by atoms with Crippen LogP contribution in [0.5, 0.6) is 17.2 Å². The maximum atomic E-state index is 11.0. The molecule has 0 aliphatic heterocycles. The van der Waals surface area contributed by atoms with Gasteiger partial charge >= 0.3 is 6.09 Å². The number of halogens is 1. The molecule has 0 heterocycles. The van der Waals surface area contributed by atoms with Crippen LogP contribution in [0.2, 0.25) is 5.02 Å². The average molecular weight is 421 g/mol. The van der Waals surface area contributed by atoms with E-state index < -0.39 is 6.09 Å². The maximum Gasteiger partial charge on any atom is 0.427 e. The molecule has 156 valence electrons. The smallest absolute Gasteiger partial charge is 0.427 e. The number of amides is 1. The largest absolute Gasteiger partial charge is 0.493 e. The summed E-state index contributed by atoms with van der Waals surface area (Å²) in [7, 11) is 2.78. The molecule has 1 amide bonds. The Labute approximate surface area is 175 Å². The van der Waals surface area contributed by atoms with E-state index in [2.05, 4.69) is 34.3 Å². The molecule has 2 aromatic carbocycles. The Morgan fingerprint density at radius 2 is 1.86 bits per heavy atom. The Hall–Kier alpha value is -2.93. The lowest BCUT2D eigenvalue weighted by atomic mass is 10.2. The molecule has 0 aliphatic carbocycles. The highest BCUT2D eigenvalue weighted by Crippen LogP contribution is 2.36. The van der Waals surface area contributed by atoms with Crippen LogP contribution in [-0.2, 0) is 11.2 Å². The molecule has 0 fully saturated rings. The Kier molecular flexibility index (Phi) is 9.11. The van der Waals surface area contributed by atoms with Gasteiger partial charge in [-0.15, -0.1) is 0 Å². The minimum atomic E-state index is -0.664. The third-order valence-corrected chi connectivity index (χ3v) is 4.22. The number of benzene rings is 2. The first kappa shape index (κ1) is 22.4. The van der Waals surface area contributed by atoms with E-state index >= 15 is 0 Å². The van der Waals surface area contributed by atoms with Crippen molar-refractivity contribution in [3.8, 4) is 17.2 Å². The van der Waals surface area contributed by atoms with E-state index in [0.717, 1.165) is 12.2 Å². The Balaban J connectivity index is 1.86. The molecule has 2 rings (SSSR count). The van der Waals surface area contributed by atoms with E-state index in [-0.39, 0.29) is 0 Å². The van der Waals surface area contributed by atoms with Crippen LogP contribution in [0.25, 0.3) is 0 Å². The van der Waals surface area contributed by atoms with Crippen LogP contribution < -0.4 is 19.6 Å². The summed E-state index contributed by atoms with van der Waals surface area (Å²) in [5.41, 5.74) is 4.11. The number of aryl methyl sites for hydroxylation is 1. The molecule has 7 nitrogen and oxygen atoms in total. The highest BCUT2D eigenvalue weighted by atomic mass is 35.5. The lowest BCUT2D eigenvalue weighted by molar-refractivity contribution is 0.171. The minimum Gasteiger partial charge on any atom is -0.493 e. The first-order valence-corrected chi connectivity index (χ1v) is 9.54. The number of carbonyl (C=O) groups is 1. The Bertz CT molecular complexity index is 825. The van der Waals surface area contributed by atoms with Gasteiger partial charge in [-0.2, -0.15) is 5.10 Å². The molecule has 0 aliphatic rings. The number of methoxy groups -OCH3 is 2. The zero-order valence-electron chi connectivity index (χ0n) is 16.7. The summed E-state index contributed by atoms with van der Waals surface area (Å²) in [6.45, 7) is 3.06. The second-order valence-electron chi connectivity index (χ2n) is 5.94. The first-order chi connectivity index (χ1) is 14.1. The Morgan fingerprint density at radius 3 is 2.52 bits per heavy atom. The summed E-state index contributed by atoms with van der Waals surface area (Å²) in [5, 5.41) is 4.14. The van der Waals surface area contributed by atoms with Crippen molar-refractivity contribution in [2.75, 3.05) is 27.4 Å². The highest BCUT2D eigenvalue weighted by molar-refractivity contribution is 6.32. The van der Waals surface area contributed by atoms with Crippen LogP contribution in [0.4, 0.5) is 4.79 Å². The monoisotopic (exact) mass is 420 g/mol. The molecule has 0 spiro atoms. The number of carbonyl (C=O) groups excluding carboxylic acids is 1. The Morgan fingerprint density at radius 1 is 1.14 bits per heavy atom. The molecule has 0 atom stereocenters. The summed E-state index contributed by atoms with van der Waals surface area (Å²) >= 11 is 6.31. The summed E-state index contributed by atoms with van der Waals surface area (Å²) in [4.78, 5) is 11.0. The molecule has 1 N–H and O–H groups in total. The quantitative estimate of drug-likeness (QED) is 0.349. The van der Waals surface area contributed by atoms with Crippen LogP contribution in [0, 0.1) is 0 Å². The van der Waals surface area contributed by atoms with E-state index in [4.69, 9.17) is 25.8 Å². The third-order valence-electron chi connectivity index (χ3n) is 3.94. The van der Waals surface area contributed by atoms with Crippen LogP contribution in [0.3, 0.4) is 0 Å². The second-order valence-corrected chi connectivity index (χ2v) is 6.35. The van der Waals surface area contributed by atoms with Crippen molar-refractivity contribution in [2.45, 2.75) is 19.8 Å². The van der Waals surface area contributed by atoms with Crippen molar-refractivity contribution in [3.63, 3.8) is 0 Å². The van der Waals surface area contributed by atoms with Crippen molar-refractivity contribution in [1.29, 1.82) is 0 Å². The van der Waals surface area contributed by atoms with Gasteiger partial charge in [-0.25, -0.2) is 10.2 Å². The fourth-order valence-electron chi connectivity index (χ4n) is 2.40. The molecule has 0 radical (unpaired) electrons. The van der Waals surface area contributed by atoms with Gasteiger partial charge < -0.3 is 18.9 Å². The van der Waals surface area contributed by atoms with Gasteiger partial charge in [0.2, 0.25) is 0 Å². The SMILES string of the molecule is CCc1ccc(OCCCOc2c(Cl)cc(/C=N/NC(=O)OC)cc2OC)cc1. The topological polar surface area (TPSA) is 78.4 Å². The van der Waals surface area contributed by atoms with Crippen LogP contribution in [0.1, 0.15) is 24.5 Å². The summed E-state index contributed by atoms with van der Waals surface area (Å²) in [6, 6.07) is 11.4. The number of ether oxygens (including phenoxy) is 4. The molecule has 0 saturated heterocycles. The van der Waals surface area contributed by atoms with Crippen molar-refractivity contribution in [3.05, 3.63) is 52.5 Å². The molecule has 8 heteroatoms. The van der Waals surface area contributed by atoms with Crippen LogP contribution in [-0.4, -0.2) is 39.7 Å². The fraction of sp³-hybridized carbons (Fsp3) is 0.333. The molecule has 0 bridgehead atoms. The number of rotatable bonds is 10. The molecule has 2 aromatic rings. The summed E-state index contributed by atoms with van der Waals surface area (Å²) in [6.07, 6.45) is 2.44. The van der Waals surface area contributed by atoms with Gasteiger partial charge in [0.25, 0.3) is 0 Å². The predicted molar refractivity (Wildman–Crippen MR) is 113 cm³/mol. The van der Waals surface area contributed by atoms with E-state index in [1.165, 1.54) is 26.0 Å². The predicted octanol–water partition coefficient (Wildman–Crippen LogP) is 4.45. The summed E-state index contributed by atoms with van der Waals surface area (Å²) < 4.78 is 21.3. The average Bonchev–Trinajstić information content (AvgIpc) is 2.74. The van der Waals surface area contributed by atoms with Crippen LogP contribution in [0.15, 0.2) is 41.5 Å². The molecular formula is C21H25ClN2O5. The zero-order valence-corrected chi connectivity index (χ0v) is 17.5. The van der Waals surface area contributed by atoms with Gasteiger partial charge in [0.1, 0.15) is 5.75 Å². The van der Waals surface area contributed by atoms with Crippen molar-refractivity contribution >= 4 is 23.9 Å². The third kappa shape index (κ3) is 7.19. The molecular weight excluding hydrogens is 396 g/mol. The number of nitrogens with one attached hydrogen (secondary N) is 1. The van der Waals surface area contributed by atoms with Crippen molar-refractivity contribution in [2.24, 2.45) is 5.10 Å². The van der Waals surface area contributed by atoms with Gasteiger partial charge in [-0.05, 0) is 41.8 Å². The van der Waals surface area contributed by atoms with E-state index in [1.54, 1.807) is 12.1 Å². The second kappa shape index (κ2) is 11.8. The number of hydrazone groups is 1. The van der Waals surface area contributed by atoms with Gasteiger partial charge in [0.05, 0.1) is 38.7 Å². The van der Waals surface area contributed by atoms with Crippen molar-refractivity contribution in [1.82, 2.24) is 5.43 Å². The molecule has 0 saturated carbocycles. The number of nitrogens with zero attached hydrogens (tertiary/aromatic N) is 1. The molecule has 0 unspecified atom stereocenters. The minimum absolute atomic E-state index is 0.375. The van der Waals surface area contributed by atoms with E-state index in [1.807, 2.05) is 12.1 Å². The van der Waals surface area contributed by atoms with Gasteiger partial charge in [-0.1, -0.05) is 30.7 Å². The van der Waals surface area contributed by atoms with Crippen LogP contribution >= 0.6 is 11.6 Å². The first-order valence-electron chi connectivity index (χ1n) is 9.16. The zero-order chi connectivity index (χ0) is 21.1. The normalized spacial score (nSPS) is 10.6. The maximum absolute atomic E-state index is 11.0. The highest BCUT2D eigenvalue weighted by Gasteiger charge is 2.11. The lowest BCUT2D eigenvalue weighted by Gasteiger charge is -2.13. The summed E-state index contributed by atoms with van der Waals surface area (Å²) in [5.74, 6) is 1.75. The van der Waals surface area contributed by atoms with E-state index in [0.29, 0.717) is 41.7 Å². The number of hydrogen-bond acceptors (Lipinski definition) is 6.